The van der Waals surface area contributed by atoms with Crippen LogP contribution in [-0.2, 0) is 5.41 Å². The van der Waals surface area contributed by atoms with E-state index in [0.717, 1.165) is 23.8 Å². The monoisotopic (exact) mass is 227 g/mol. The van der Waals surface area contributed by atoms with Gasteiger partial charge in [-0.05, 0) is 36.6 Å². The zero-order valence-electron chi connectivity index (χ0n) is 9.98. The second kappa shape index (κ2) is 3.47. The molecule has 1 aliphatic carbocycles. The van der Waals surface area contributed by atoms with Crippen LogP contribution in [0.3, 0.4) is 0 Å². The van der Waals surface area contributed by atoms with E-state index in [0.29, 0.717) is 5.75 Å². The second-order valence-electron chi connectivity index (χ2n) is 5.13. The van der Waals surface area contributed by atoms with Crippen LogP contribution in [0.25, 0.3) is 10.8 Å². The highest BCUT2D eigenvalue weighted by atomic mass is 16.3. The minimum Gasteiger partial charge on any atom is -0.508 e. The van der Waals surface area contributed by atoms with Crippen molar-refractivity contribution in [1.29, 1.82) is 0 Å². The highest BCUT2D eigenvalue weighted by Crippen LogP contribution is 2.55. The molecule has 0 aromatic heterocycles. The first-order valence-electron chi connectivity index (χ1n) is 6.12. The Morgan fingerprint density at radius 3 is 2.53 bits per heavy atom. The molecule has 0 amide bonds. The number of hydrogen-bond donors (Lipinski definition) is 2. The van der Waals surface area contributed by atoms with Crippen LogP contribution in [0.15, 0.2) is 36.4 Å². The first-order valence-corrected chi connectivity index (χ1v) is 6.12. The van der Waals surface area contributed by atoms with E-state index < -0.39 is 0 Å². The quantitative estimate of drug-likeness (QED) is 0.828. The third-order valence-corrected chi connectivity index (χ3v) is 4.07. The standard InChI is InChI=1S/C15H17NO/c1-10(16)15(8-9-15)14-12-5-3-2-4-11(12)6-7-13(14)17/h2-7,10,17H,8-9,16H2,1H3. The Morgan fingerprint density at radius 2 is 1.88 bits per heavy atom. The summed E-state index contributed by atoms with van der Waals surface area (Å²) in [6.45, 7) is 2.04. The van der Waals surface area contributed by atoms with E-state index in [1.165, 1.54) is 5.39 Å². The van der Waals surface area contributed by atoms with E-state index in [1.807, 2.05) is 25.1 Å². The van der Waals surface area contributed by atoms with Crippen LogP contribution < -0.4 is 5.73 Å². The van der Waals surface area contributed by atoms with Gasteiger partial charge >= 0.3 is 0 Å². The predicted octanol–water partition coefficient (Wildman–Crippen LogP) is 2.92. The predicted molar refractivity (Wildman–Crippen MR) is 70.2 cm³/mol. The molecule has 3 rings (SSSR count). The molecule has 17 heavy (non-hydrogen) atoms. The number of phenols is 1. The summed E-state index contributed by atoms with van der Waals surface area (Å²) in [6, 6.07) is 12.0. The maximum absolute atomic E-state index is 10.2. The number of hydrogen-bond acceptors (Lipinski definition) is 2. The van der Waals surface area contributed by atoms with Crippen molar-refractivity contribution in [3.8, 4) is 5.75 Å². The number of fused-ring (bicyclic) bond motifs is 1. The summed E-state index contributed by atoms with van der Waals surface area (Å²) in [7, 11) is 0. The van der Waals surface area contributed by atoms with E-state index in [9.17, 15) is 5.11 Å². The Bertz CT molecular complexity index is 570. The number of phenolic OH excluding ortho intramolecular Hbond substituents is 1. The highest BCUT2D eigenvalue weighted by molar-refractivity contribution is 5.89. The van der Waals surface area contributed by atoms with Crippen LogP contribution in [-0.4, -0.2) is 11.1 Å². The number of rotatable bonds is 2. The zero-order chi connectivity index (χ0) is 12.0. The summed E-state index contributed by atoms with van der Waals surface area (Å²) in [5.41, 5.74) is 7.15. The van der Waals surface area contributed by atoms with Gasteiger partial charge in [0.15, 0.2) is 0 Å². The minimum atomic E-state index is -0.00898. The largest absolute Gasteiger partial charge is 0.508 e. The van der Waals surface area contributed by atoms with Gasteiger partial charge < -0.3 is 10.8 Å². The molecule has 1 atom stereocenters. The Labute approximate surface area is 101 Å². The minimum absolute atomic E-state index is 0.00898. The van der Waals surface area contributed by atoms with Crippen LogP contribution in [0, 0.1) is 0 Å². The molecule has 0 saturated heterocycles. The van der Waals surface area contributed by atoms with Crippen molar-refractivity contribution in [2.24, 2.45) is 5.73 Å². The average molecular weight is 227 g/mol. The summed E-state index contributed by atoms with van der Waals surface area (Å²) in [4.78, 5) is 0. The molecule has 1 aliphatic rings. The van der Waals surface area contributed by atoms with Crippen molar-refractivity contribution in [3.05, 3.63) is 42.0 Å². The normalized spacial score (nSPS) is 19.2. The second-order valence-corrected chi connectivity index (χ2v) is 5.13. The van der Waals surface area contributed by atoms with Crippen molar-refractivity contribution in [3.63, 3.8) is 0 Å². The Balaban J connectivity index is 2.32. The lowest BCUT2D eigenvalue weighted by Crippen LogP contribution is -2.31. The van der Waals surface area contributed by atoms with Gasteiger partial charge in [-0.25, -0.2) is 0 Å². The lowest BCUT2D eigenvalue weighted by atomic mass is 9.85. The maximum atomic E-state index is 10.2. The van der Waals surface area contributed by atoms with Gasteiger partial charge in [-0.3, -0.25) is 0 Å². The van der Waals surface area contributed by atoms with E-state index in [2.05, 4.69) is 12.1 Å². The number of nitrogens with two attached hydrogens (primary N) is 1. The van der Waals surface area contributed by atoms with Crippen LogP contribution in [0.1, 0.15) is 25.3 Å². The molecule has 1 unspecified atom stereocenters. The Kier molecular flexibility index (Phi) is 2.17. The molecule has 0 heterocycles. The summed E-state index contributed by atoms with van der Waals surface area (Å²) in [5.74, 6) is 0.388. The fourth-order valence-corrected chi connectivity index (χ4v) is 2.85. The van der Waals surface area contributed by atoms with Gasteiger partial charge in [-0.15, -0.1) is 0 Å². The Hall–Kier alpha value is -1.54. The summed E-state index contributed by atoms with van der Waals surface area (Å²) in [6.07, 6.45) is 2.15. The van der Waals surface area contributed by atoms with Crippen LogP contribution in [0.5, 0.6) is 5.75 Å². The molecule has 0 spiro atoms. The van der Waals surface area contributed by atoms with Gasteiger partial charge in [0.2, 0.25) is 0 Å². The first kappa shape index (κ1) is 10.6. The van der Waals surface area contributed by atoms with Crippen molar-refractivity contribution in [1.82, 2.24) is 0 Å². The SMILES string of the molecule is CC(N)C1(c2c(O)ccc3ccccc23)CC1. The molecule has 2 nitrogen and oxygen atoms in total. The summed E-state index contributed by atoms with van der Waals surface area (Å²) < 4.78 is 0. The molecular formula is C15H17NO. The zero-order valence-corrected chi connectivity index (χ0v) is 9.98. The summed E-state index contributed by atoms with van der Waals surface area (Å²) >= 11 is 0. The molecule has 0 bridgehead atoms. The van der Waals surface area contributed by atoms with Crippen LogP contribution in [0.4, 0.5) is 0 Å². The molecule has 2 aromatic carbocycles. The van der Waals surface area contributed by atoms with Crippen molar-refractivity contribution in [2.45, 2.75) is 31.2 Å². The van der Waals surface area contributed by atoms with Gasteiger partial charge in [0.1, 0.15) is 5.75 Å². The molecule has 88 valence electrons. The van der Waals surface area contributed by atoms with Gasteiger partial charge in [-0.1, -0.05) is 30.3 Å². The van der Waals surface area contributed by atoms with Crippen LogP contribution in [0.2, 0.25) is 0 Å². The topological polar surface area (TPSA) is 46.2 Å². The third kappa shape index (κ3) is 1.44. The van der Waals surface area contributed by atoms with Gasteiger partial charge in [-0.2, -0.15) is 0 Å². The molecule has 1 saturated carbocycles. The van der Waals surface area contributed by atoms with Gasteiger partial charge in [0, 0.05) is 17.0 Å². The molecule has 0 aliphatic heterocycles. The lowest BCUT2D eigenvalue weighted by Gasteiger charge is -2.23. The molecule has 2 aromatic rings. The third-order valence-electron chi connectivity index (χ3n) is 4.07. The van der Waals surface area contributed by atoms with Crippen LogP contribution >= 0.6 is 0 Å². The molecule has 0 radical (unpaired) electrons. The van der Waals surface area contributed by atoms with Crippen molar-refractivity contribution in [2.75, 3.05) is 0 Å². The van der Waals surface area contributed by atoms with Crippen molar-refractivity contribution < 1.29 is 5.11 Å². The van der Waals surface area contributed by atoms with E-state index in [1.54, 1.807) is 6.07 Å². The maximum Gasteiger partial charge on any atom is 0.120 e. The molecule has 2 heteroatoms. The summed E-state index contributed by atoms with van der Waals surface area (Å²) in [5, 5.41) is 12.5. The van der Waals surface area contributed by atoms with E-state index in [-0.39, 0.29) is 11.5 Å². The molecular weight excluding hydrogens is 210 g/mol. The molecule has 1 fully saturated rings. The van der Waals surface area contributed by atoms with Gasteiger partial charge in [0.25, 0.3) is 0 Å². The average Bonchev–Trinajstić information content (AvgIpc) is 3.10. The fourth-order valence-electron chi connectivity index (χ4n) is 2.85. The smallest absolute Gasteiger partial charge is 0.120 e. The first-order chi connectivity index (χ1) is 8.15. The van der Waals surface area contributed by atoms with Crippen molar-refractivity contribution >= 4 is 10.8 Å². The van der Waals surface area contributed by atoms with E-state index in [4.69, 9.17) is 5.73 Å². The number of aromatic hydroxyl groups is 1. The Morgan fingerprint density at radius 1 is 1.18 bits per heavy atom. The lowest BCUT2D eigenvalue weighted by molar-refractivity contribution is 0.449. The highest BCUT2D eigenvalue weighted by Gasteiger charge is 2.49. The molecule has 3 N–H and O–H groups in total. The number of benzene rings is 2. The van der Waals surface area contributed by atoms with Gasteiger partial charge in [0.05, 0.1) is 0 Å². The van der Waals surface area contributed by atoms with E-state index >= 15 is 0 Å². The fraction of sp³-hybridized carbons (Fsp3) is 0.333.